The van der Waals surface area contributed by atoms with Crippen LogP contribution in [0, 0.1) is 0 Å². The van der Waals surface area contributed by atoms with Gasteiger partial charge in [0.25, 0.3) is 0 Å². The van der Waals surface area contributed by atoms with Gasteiger partial charge in [-0.1, -0.05) is 0 Å². The summed E-state index contributed by atoms with van der Waals surface area (Å²) in [5.41, 5.74) is 0. The van der Waals surface area contributed by atoms with Gasteiger partial charge in [-0.05, 0) is 0 Å². The van der Waals surface area contributed by atoms with Crippen molar-refractivity contribution in [2.45, 2.75) is 0 Å². The molecule has 0 fully saturated rings. The van der Waals surface area contributed by atoms with Gasteiger partial charge in [0.1, 0.15) is 0 Å². The molecule has 0 heterocycles. The molecule has 0 nitrogen and oxygen atoms in total. The minimum absolute atomic E-state index is 0. The second-order valence-corrected chi connectivity index (χ2v) is 0. The van der Waals surface area contributed by atoms with Crippen LogP contribution < -0.4 is 0 Å². The van der Waals surface area contributed by atoms with Gasteiger partial charge in [-0.2, -0.15) is 0 Å². The quantitative estimate of drug-likeness (QED) is 0.427. The summed E-state index contributed by atoms with van der Waals surface area (Å²) in [5.74, 6) is 0. The van der Waals surface area contributed by atoms with Crippen molar-refractivity contribution in [3.63, 3.8) is 0 Å². The first-order valence-electron chi connectivity index (χ1n) is 0. The van der Waals surface area contributed by atoms with Crippen molar-refractivity contribution in [1.29, 1.82) is 0 Å². The van der Waals surface area contributed by atoms with Crippen LogP contribution >= 0.6 is 19.8 Å². The molecule has 4 heteroatoms. The Kier molecular flexibility index (Phi) is 182. The van der Waals surface area contributed by atoms with Gasteiger partial charge in [0.05, 0.1) is 0 Å². The van der Waals surface area contributed by atoms with E-state index in [4.69, 9.17) is 0 Å². The first-order chi connectivity index (χ1) is 0. The van der Waals surface area contributed by atoms with Crippen molar-refractivity contribution >= 4 is 19.8 Å². The molecule has 0 aromatic rings. The topological polar surface area (TPSA) is 0 Å². The van der Waals surface area contributed by atoms with Crippen LogP contribution in [0.15, 0.2) is 0 Å². The largest absolute Gasteiger partial charge is 3.00 e. The monoisotopic (exact) mass is 218 g/mol. The zero-order valence-electron chi connectivity index (χ0n) is 1.62. The minimum Gasteiger partial charge on any atom is -3.00 e. The Morgan fingerprint density at radius 2 is 0.750 bits per heavy atom. The van der Waals surface area contributed by atoms with E-state index in [9.17, 15) is 0 Å². The molecule has 4 heavy (non-hydrogen) atoms. The third-order valence-electron chi connectivity index (χ3n) is 0. The average Bonchev–Trinajstić information content (AvgIpc) is 0. The molecule has 0 amide bonds. The number of hydrogen-bond acceptors (Lipinski definition) is 0. The first kappa shape index (κ1) is 36.8. The van der Waals surface area contributed by atoms with Crippen LogP contribution in [0.1, 0.15) is 0 Å². The van der Waals surface area contributed by atoms with Crippen LogP contribution in [-0.2, 0) is 37.6 Å². The smallest absolute Gasteiger partial charge is 0 e. The maximum Gasteiger partial charge on any atom is 0 e. The fraction of sp³-hybridized carbons (Fsp3) is 0. The third-order valence-corrected chi connectivity index (χ3v) is 0. The summed E-state index contributed by atoms with van der Waals surface area (Å²) in [7, 11) is 0. The van der Waals surface area contributed by atoms with Gasteiger partial charge >= 0.3 is 0 Å². The molecule has 0 bridgehead atoms. The summed E-state index contributed by atoms with van der Waals surface area (Å²) < 4.78 is 0. The molecular formula is MoNiP2-6. The number of hydrogen-bond donors (Lipinski definition) is 0. The van der Waals surface area contributed by atoms with E-state index in [0.717, 1.165) is 0 Å². The molecule has 0 radical (unpaired) electrons. The molecule has 0 atom stereocenters. The van der Waals surface area contributed by atoms with Crippen LogP contribution in [0.3, 0.4) is 0 Å². The molecule has 0 unspecified atom stereocenters. The molecular weight excluding hydrogens is 217 g/mol. The van der Waals surface area contributed by atoms with Crippen molar-refractivity contribution in [3.8, 4) is 0 Å². The summed E-state index contributed by atoms with van der Waals surface area (Å²) in [4.78, 5) is 0. The summed E-state index contributed by atoms with van der Waals surface area (Å²) in [6.45, 7) is 0. The van der Waals surface area contributed by atoms with E-state index >= 15 is 0 Å². The van der Waals surface area contributed by atoms with Gasteiger partial charge in [-0.15, -0.1) is 0 Å². The Labute approximate surface area is 57.3 Å². The fourth-order valence-corrected chi connectivity index (χ4v) is 0. The van der Waals surface area contributed by atoms with Crippen LogP contribution in [0.2, 0.25) is 0 Å². The van der Waals surface area contributed by atoms with Crippen molar-refractivity contribution in [2.75, 3.05) is 0 Å². The maximum atomic E-state index is 0. The van der Waals surface area contributed by atoms with Crippen LogP contribution in [0.5, 0.6) is 0 Å². The first-order valence-corrected chi connectivity index (χ1v) is 0. The molecule has 0 aromatic carbocycles. The molecule has 0 aliphatic heterocycles. The van der Waals surface area contributed by atoms with E-state index in [0.29, 0.717) is 0 Å². The Morgan fingerprint density at radius 1 is 0.750 bits per heavy atom. The fourth-order valence-electron chi connectivity index (χ4n) is 0. The molecule has 0 rings (SSSR count). The third kappa shape index (κ3) is 8.97. The second kappa shape index (κ2) is 19.8. The van der Waals surface area contributed by atoms with E-state index in [1.807, 2.05) is 0 Å². The zero-order chi connectivity index (χ0) is 0. The Morgan fingerprint density at radius 3 is 0.750 bits per heavy atom. The Balaban J connectivity index is 0. The summed E-state index contributed by atoms with van der Waals surface area (Å²) in [6, 6.07) is 0. The Bertz CT molecular complexity index is 6.00. The van der Waals surface area contributed by atoms with E-state index < -0.39 is 0 Å². The molecule has 0 aromatic heterocycles. The van der Waals surface area contributed by atoms with E-state index in [1.54, 1.807) is 0 Å². The molecule has 0 saturated carbocycles. The van der Waals surface area contributed by atoms with Crippen LogP contribution in [0.25, 0.3) is 0 Å². The molecule has 32 valence electrons. The standard InChI is InChI=1S/Mo.Ni.2P/q;;2*-3. The number of rotatable bonds is 0. The van der Waals surface area contributed by atoms with Crippen molar-refractivity contribution in [1.82, 2.24) is 0 Å². The van der Waals surface area contributed by atoms with E-state index in [-0.39, 0.29) is 57.4 Å². The minimum atomic E-state index is 0. The van der Waals surface area contributed by atoms with Gasteiger partial charge in [0, 0.05) is 37.6 Å². The maximum absolute atomic E-state index is 0. The SMILES string of the molecule is [Mo].[Ni].[P-3].[P-3]. The van der Waals surface area contributed by atoms with Crippen LogP contribution in [-0.4, -0.2) is 0 Å². The van der Waals surface area contributed by atoms with Crippen molar-refractivity contribution < 1.29 is 37.6 Å². The molecule has 0 spiro atoms. The van der Waals surface area contributed by atoms with Gasteiger partial charge < -0.3 is 19.8 Å². The van der Waals surface area contributed by atoms with Gasteiger partial charge in [-0.3, -0.25) is 0 Å². The molecule has 0 aliphatic rings. The predicted octanol–water partition coefficient (Wildman–Crippen LogP) is 1.72. The second-order valence-electron chi connectivity index (χ2n) is 0. The van der Waals surface area contributed by atoms with Crippen molar-refractivity contribution in [2.24, 2.45) is 0 Å². The predicted molar refractivity (Wildman–Crippen MR) is 13.8 cm³/mol. The zero-order valence-corrected chi connectivity index (χ0v) is 6.40. The summed E-state index contributed by atoms with van der Waals surface area (Å²) in [6.07, 6.45) is 0. The van der Waals surface area contributed by atoms with Gasteiger partial charge in [-0.25, -0.2) is 0 Å². The van der Waals surface area contributed by atoms with E-state index in [1.165, 1.54) is 0 Å². The van der Waals surface area contributed by atoms with Crippen LogP contribution in [0.4, 0.5) is 0 Å². The molecule has 0 N–H and O–H groups in total. The summed E-state index contributed by atoms with van der Waals surface area (Å²) in [5, 5.41) is 0. The normalized spacial score (nSPS) is 0. The molecule has 0 saturated heterocycles. The van der Waals surface area contributed by atoms with Gasteiger partial charge in [0.2, 0.25) is 0 Å². The Hall–Kier alpha value is 2.04. The summed E-state index contributed by atoms with van der Waals surface area (Å²) >= 11 is 0. The van der Waals surface area contributed by atoms with Gasteiger partial charge in [0.15, 0.2) is 0 Å². The molecule has 0 aliphatic carbocycles. The average molecular weight is 217 g/mol. The van der Waals surface area contributed by atoms with E-state index in [2.05, 4.69) is 0 Å². The van der Waals surface area contributed by atoms with Crippen molar-refractivity contribution in [3.05, 3.63) is 0 Å².